The quantitative estimate of drug-likeness (QED) is 0.886. The molecule has 0 radical (unpaired) electrons. The number of benzene rings is 2. The van der Waals surface area contributed by atoms with Gasteiger partial charge in [-0.1, -0.05) is 6.07 Å². The van der Waals surface area contributed by atoms with Crippen LogP contribution >= 0.6 is 11.8 Å². The summed E-state index contributed by atoms with van der Waals surface area (Å²) in [6.07, 6.45) is 1.21. The second-order valence-corrected chi connectivity index (χ2v) is 6.37. The van der Waals surface area contributed by atoms with E-state index in [0.717, 1.165) is 17.2 Å². The lowest BCUT2D eigenvalue weighted by molar-refractivity contribution is 0.1000. The number of primary amides is 1. The Morgan fingerprint density at radius 2 is 2.00 bits per heavy atom. The van der Waals surface area contributed by atoms with Gasteiger partial charge in [0.25, 0.3) is 0 Å². The topological polar surface area (TPSA) is 64.4 Å². The second-order valence-electron chi connectivity index (χ2n) is 5.22. The van der Waals surface area contributed by atoms with E-state index in [1.54, 1.807) is 24.3 Å². The molecule has 1 saturated heterocycles. The lowest BCUT2D eigenvalue weighted by Gasteiger charge is -2.13. The van der Waals surface area contributed by atoms with E-state index in [0.29, 0.717) is 17.4 Å². The Labute approximate surface area is 134 Å². The first-order chi connectivity index (χ1) is 10.7. The Balaban J connectivity index is 1.65. The molecule has 2 aromatic carbocycles. The maximum atomic E-state index is 11.2. The molecule has 114 valence electrons. The maximum Gasteiger partial charge on any atom is 0.248 e. The molecule has 0 saturated carbocycles. The number of thioether (sulfide) groups is 1. The van der Waals surface area contributed by atoms with Gasteiger partial charge in [-0.2, -0.15) is 11.8 Å². The lowest BCUT2D eigenvalue weighted by Crippen LogP contribution is -2.17. The zero-order chi connectivity index (χ0) is 15.4. The molecular weight excluding hydrogens is 296 g/mol. The fourth-order valence-corrected chi connectivity index (χ4v) is 3.50. The second kappa shape index (κ2) is 6.75. The molecule has 0 aromatic heterocycles. The summed E-state index contributed by atoms with van der Waals surface area (Å²) in [5.41, 5.74) is 6.81. The summed E-state index contributed by atoms with van der Waals surface area (Å²) in [6, 6.07) is 15.3. The molecule has 1 heterocycles. The third-order valence-electron chi connectivity index (χ3n) is 3.51. The molecule has 1 amide bonds. The van der Waals surface area contributed by atoms with Crippen LogP contribution in [-0.4, -0.2) is 23.5 Å². The molecule has 22 heavy (non-hydrogen) atoms. The summed E-state index contributed by atoms with van der Waals surface area (Å²) in [4.78, 5) is 11.2. The average molecular weight is 314 g/mol. The van der Waals surface area contributed by atoms with Crippen molar-refractivity contribution in [3.8, 4) is 11.5 Å². The Hall–Kier alpha value is -2.14. The van der Waals surface area contributed by atoms with Gasteiger partial charge in [0.15, 0.2) is 0 Å². The third-order valence-corrected chi connectivity index (χ3v) is 4.67. The van der Waals surface area contributed by atoms with Crippen molar-refractivity contribution < 1.29 is 9.53 Å². The number of hydrogen-bond acceptors (Lipinski definition) is 4. The monoisotopic (exact) mass is 314 g/mol. The van der Waals surface area contributed by atoms with Crippen LogP contribution in [0.2, 0.25) is 0 Å². The van der Waals surface area contributed by atoms with Crippen molar-refractivity contribution in [2.45, 2.75) is 12.5 Å². The summed E-state index contributed by atoms with van der Waals surface area (Å²) >= 11 is 1.99. The van der Waals surface area contributed by atoms with Gasteiger partial charge in [-0.25, -0.2) is 0 Å². The molecular formula is C17H18N2O2S. The predicted molar refractivity (Wildman–Crippen MR) is 90.8 cm³/mol. The minimum Gasteiger partial charge on any atom is -0.457 e. The molecule has 1 aliphatic rings. The van der Waals surface area contributed by atoms with E-state index < -0.39 is 5.91 Å². The number of carbonyl (C=O) groups is 1. The molecule has 1 fully saturated rings. The minimum atomic E-state index is -0.459. The highest BCUT2D eigenvalue weighted by Gasteiger charge is 2.14. The first-order valence-corrected chi connectivity index (χ1v) is 8.38. The fourth-order valence-electron chi connectivity index (χ4n) is 2.35. The molecule has 0 aliphatic carbocycles. The van der Waals surface area contributed by atoms with Crippen LogP contribution in [0.5, 0.6) is 11.5 Å². The maximum absolute atomic E-state index is 11.2. The lowest BCUT2D eigenvalue weighted by atomic mass is 10.2. The van der Waals surface area contributed by atoms with E-state index in [2.05, 4.69) is 5.32 Å². The first kappa shape index (κ1) is 14.8. The van der Waals surface area contributed by atoms with E-state index in [-0.39, 0.29) is 0 Å². The Bertz CT molecular complexity index is 652. The van der Waals surface area contributed by atoms with Gasteiger partial charge < -0.3 is 15.8 Å². The average Bonchev–Trinajstić information content (AvgIpc) is 3.02. The minimum absolute atomic E-state index is 0.439. The van der Waals surface area contributed by atoms with Crippen molar-refractivity contribution in [2.24, 2.45) is 5.73 Å². The van der Waals surface area contributed by atoms with Gasteiger partial charge >= 0.3 is 0 Å². The summed E-state index contributed by atoms with van der Waals surface area (Å²) in [6.45, 7) is 0. The van der Waals surface area contributed by atoms with E-state index in [1.807, 2.05) is 36.0 Å². The molecule has 5 heteroatoms. The summed E-state index contributed by atoms with van der Waals surface area (Å²) in [5.74, 6) is 3.27. The number of ether oxygens (including phenoxy) is 1. The van der Waals surface area contributed by atoms with Crippen molar-refractivity contribution in [1.82, 2.24) is 0 Å². The van der Waals surface area contributed by atoms with Gasteiger partial charge in [-0.05, 0) is 54.6 Å². The van der Waals surface area contributed by atoms with E-state index >= 15 is 0 Å². The van der Waals surface area contributed by atoms with Crippen molar-refractivity contribution in [3.05, 3.63) is 54.1 Å². The SMILES string of the molecule is NC(=O)c1cccc(Oc2ccc(NC3CCSC3)cc2)c1. The summed E-state index contributed by atoms with van der Waals surface area (Å²) in [5, 5.41) is 3.52. The number of hydrogen-bond donors (Lipinski definition) is 2. The number of carbonyl (C=O) groups excluding carboxylic acids is 1. The summed E-state index contributed by atoms with van der Waals surface area (Å²) < 4.78 is 5.75. The molecule has 0 spiro atoms. The van der Waals surface area contributed by atoms with Crippen LogP contribution in [0.3, 0.4) is 0 Å². The largest absolute Gasteiger partial charge is 0.457 e. The van der Waals surface area contributed by atoms with Crippen LogP contribution in [0.4, 0.5) is 5.69 Å². The van der Waals surface area contributed by atoms with Gasteiger partial charge in [0, 0.05) is 23.0 Å². The highest BCUT2D eigenvalue weighted by molar-refractivity contribution is 7.99. The highest BCUT2D eigenvalue weighted by atomic mass is 32.2. The number of nitrogens with two attached hydrogens (primary N) is 1. The van der Waals surface area contributed by atoms with E-state index in [9.17, 15) is 4.79 Å². The molecule has 0 bridgehead atoms. The van der Waals surface area contributed by atoms with Crippen molar-refractivity contribution in [2.75, 3.05) is 16.8 Å². The van der Waals surface area contributed by atoms with Crippen LogP contribution in [0, 0.1) is 0 Å². The van der Waals surface area contributed by atoms with E-state index in [4.69, 9.17) is 10.5 Å². The Morgan fingerprint density at radius 3 is 2.68 bits per heavy atom. The normalized spacial score (nSPS) is 17.2. The number of anilines is 1. The van der Waals surface area contributed by atoms with Crippen LogP contribution in [0.25, 0.3) is 0 Å². The van der Waals surface area contributed by atoms with Crippen molar-refractivity contribution in [3.63, 3.8) is 0 Å². The van der Waals surface area contributed by atoms with Gasteiger partial charge in [0.2, 0.25) is 5.91 Å². The molecule has 4 nitrogen and oxygen atoms in total. The smallest absolute Gasteiger partial charge is 0.248 e. The Kier molecular flexibility index (Phi) is 4.53. The zero-order valence-electron chi connectivity index (χ0n) is 12.1. The van der Waals surface area contributed by atoms with Crippen LogP contribution in [0.1, 0.15) is 16.8 Å². The third kappa shape index (κ3) is 3.74. The standard InChI is InChI=1S/C17H18N2O2S/c18-17(20)12-2-1-3-16(10-12)21-15-6-4-13(5-7-15)19-14-8-9-22-11-14/h1-7,10,14,19H,8-9,11H2,(H2,18,20). The fraction of sp³-hybridized carbons (Fsp3) is 0.235. The molecule has 1 unspecified atom stereocenters. The molecule has 3 N–H and O–H groups in total. The summed E-state index contributed by atoms with van der Waals surface area (Å²) in [7, 11) is 0. The molecule has 1 atom stereocenters. The first-order valence-electron chi connectivity index (χ1n) is 7.23. The van der Waals surface area contributed by atoms with E-state index in [1.165, 1.54) is 12.2 Å². The highest BCUT2D eigenvalue weighted by Crippen LogP contribution is 2.26. The van der Waals surface area contributed by atoms with Crippen LogP contribution in [-0.2, 0) is 0 Å². The molecule has 1 aliphatic heterocycles. The number of amides is 1. The van der Waals surface area contributed by atoms with Crippen molar-refractivity contribution in [1.29, 1.82) is 0 Å². The van der Waals surface area contributed by atoms with Crippen molar-refractivity contribution >= 4 is 23.4 Å². The molecule has 2 aromatic rings. The van der Waals surface area contributed by atoms with Gasteiger partial charge in [-0.15, -0.1) is 0 Å². The Morgan fingerprint density at radius 1 is 1.18 bits per heavy atom. The predicted octanol–water partition coefficient (Wildman–Crippen LogP) is 3.50. The van der Waals surface area contributed by atoms with Gasteiger partial charge in [-0.3, -0.25) is 4.79 Å². The molecule has 3 rings (SSSR count). The number of nitrogens with one attached hydrogen (secondary N) is 1. The van der Waals surface area contributed by atoms with Gasteiger partial charge in [0.1, 0.15) is 11.5 Å². The zero-order valence-corrected chi connectivity index (χ0v) is 12.9. The van der Waals surface area contributed by atoms with Gasteiger partial charge in [0.05, 0.1) is 0 Å². The number of rotatable bonds is 5. The van der Waals surface area contributed by atoms with Crippen LogP contribution < -0.4 is 15.8 Å². The van der Waals surface area contributed by atoms with Crippen LogP contribution in [0.15, 0.2) is 48.5 Å².